The summed E-state index contributed by atoms with van der Waals surface area (Å²) in [5, 5.41) is 11.8. The van der Waals surface area contributed by atoms with Crippen molar-refractivity contribution in [2.24, 2.45) is 13.0 Å². The predicted molar refractivity (Wildman–Crippen MR) is 83.2 cm³/mol. The molecule has 2 aromatic rings. The number of benzene rings is 1. The fourth-order valence-corrected chi connectivity index (χ4v) is 2.93. The highest BCUT2D eigenvalue weighted by Crippen LogP contribution is 2.18. The second-order valence-corrected chi connectivity index (χ2v) is 5.95. The van der Waals surface area contributed by atoms with E-state index in [2.05, 4.69) is 22.7 Å². The number of para-hydroxylation sites is 1. The number of nitrogens with one attached hydrogen (secondary N) is 2. The van der Waals surface area contributed by atoms with E-state index >= 15 is 0 Å². The van der Waals surface area contributed by atoms with E-state index in [0.29, 0.717) is 24.2 Å². The number of nitrogens with zero attached hydrogens (tertiary/aromatic N) is 2. The molecule has 2 atom stereocenters. The van der Waals surface area contributed by atoms with Gasteiger partial charge in [0.15, 0.2) is 5.69 Å². The minimum absolute atomic E-state index is 0.0783. The van der Waals surface area contributed by atoms with Crippen molar-refractivity contribution >= 4 is 16.8 Å². The van der Waals surface area contributed by atoms with Crippen molar-refractivity contribution in [3.63, 3.8) is 0 Å². The van der Waals surface area contributed by atoms with Crippen LogP contribution < -0.4 is 10.6 Å². The minimum atomic E-state index is -0.0783. The summed E-state index contributed by atoms with van der Waals surface area (Å²) < 4.78 is 1.76. The van der Waals surface area contributed by atoms with Crippen molar-refractivity contribution in [2.75, 3.05) is 13.1 Å². The highest BCUT2D eigenvalue weighted by atomic mass is 16.1. The number of carbonyl (C=O) groups is 1. The largest absolute Gasteiger partial charge is 0.350 e. The number of rotatable bonds is 3. The SMILES string of the molecule is CC1CCC(CNC(=O)c2nn(C)c3ccccc23)CN1. The molecule has 1 aromatic heterocycles. The Balaban J connectivity index is 1.67. The zero-order valence-electron chi connectivity index (χ0n) is 12.6. The molecule has 0 saturated carbocycles. The van der Waals surface area contributed by atoms with Crippen molar-refractivity contribution in [1.82, 2.24) is 20.4 Å². The number of carbonyl (C=O) groups excluding carboxylic acids is 1. The lowest BCUT2D eigenvalue weighted by Gasteiger charge is -2.27. The molecular formula is C16H22N4O. The minimum Gasteiger partial charge on any atom is -0.350 e. The van der Waals surface area contributed by atoms with Gasteiger partial charge >= 0.3 is 0 Å². The van der Waals surface area contributed by atoms with Gasteiger partial charge in [0.1, 0.15) is 0 Å². The second-order valence-electron chi connectivity index (χ2n) is 5.95. The zero-order valence-corrected chi connectivity index (χ0v) is 12.6. The summed E-state index contributed by atoms with van der Waals surface area (Å²) in [7, 11) is 1.87. The number of aryl methyl sites for hydroxylation is 1. The zero-order chi connectivity index (χ0) is 14.8. The Morgan fingerprint density at radius 3 is 3.00 bits per heavy atom. The number of hydrogen-bond acceptors (Lipinski definition) is 3. The average Bonchev–Trinajstić information content (AvgIpc) is 2.84. The van der Waals surface area contributed by atoms with Crippen LogP contribution in [0, 0.1) is 5.92 Å². The van der Waals surface area contributed by atoms with Gasteiger partial charge < -0.3 is 10.6 Å². The Morgan fingerprint density at radius 1 is 1.43 bits per heavy atom. The molecular weight excluding hydrogens is 264 g/mol. The van der Waals surface area contributed by atoms with Crippen LogP contribution in [0.2, 0.25) is 0 Å². The monoisotopic (exact) mass is 286 g/mol. The molecule has 1 aliphatic rings. The van der Waals surface area contributed by atoms with Crippen LogP contribution in [0.5, 0.6) is 0 Å². The van der Waals surface area contributed by atoms with Gasteiger partial charge in [-0.3, -0.25) is 9.48 Å². The van der Waals surface area contributed by atoms with E-state index in [1.807, 2.05) is 31.3 Å². The molecule has 0 aliphatic carbocycles. The van der Waals surface area contributed by atoms with E-state index in [9.17, 15) is 4.79 Å². The molecule has 1 fully saturated rings. The van der Waals surface area contributed by atoms with Gasteiger partial charge in [0.2, 0.25) is 0 Å². The standard InChI is InChI=1S/C16H22N4O/c1-11-7-8-12(9-17-11)10-18-16(21)15-13-5-3-4-6-14(13)20(2)19-15/h3-6,11-12,17H,7-10H2,1-2H3,(H,18,21). The summed E-state index contributed by atoms with van der Waals surface area (Å²) in [5.74, 6) is 0.436. The number of piperidine rings is 1. The van der Waals surface area contributed by atoms with E-state index in [4.69, 9.17) is 0 Å². The number of fused-ring (bicyclic) bond motifs is 1. The first kappa shape index (κ1) is 14.1. The summed E-state index contributed by atoms with van der Waals surface area (Å²) >= 11 is 0. The Kier molecular flexibility index (Phi) is 3.92. The first-order valence-electron chi connectivity index (χ1n) is 7.58. The maximum atomic E-state index is 12.4. The van der Waals surface area contributed by atoms with Crippen molar-refractivity contribution < 1.29 is 4.79 Å². The van der Waals surface area contributed by atoms with Crippen LogP contribution in [0.15, 0.2) is 24.3 Å². The van der Waals surface area contributed by atoms with Crippen molar-refractivity contribution in [1.29, 1.82) is 0 Å². The molecule has 0 spiro atoms. The third-order valence-electron chi connectivity index (χ3n) is 4.29. The molecule has 3 rings (SSSR count). The molecule has 0 radical (unpaired) electrons. The van der Waals surface area contributed by atoms with E-state index in [-0.39, 0.29) is 5.91 Å². The summed E-state index contributed by atoms with van der Waals surface area (Å²) in [4.78, 5) is 12.4. The van der Waals surface area contributed by atoms with Crippen LogP contribution in [0.3, 0.4) is 0 Å². The molecule has 21 heavy (non-hydrogen) atoms. The molecule has 1 aliphatic heterocycles. The number of aromatic nitrogens is 2. The number of amides is 1. The highest BCUT2D eigenvalue weighted by Gasteiger charge is 2.20. The first-order valence-corrected chi connectivity index (χ1v) is 7.58. The van der Waals surface area contributed by atoms with Gasteiger partial charge in [0.25, 0.3) is 5.91 Å². The lowest BCUT2D eigenvalue weighted by molar-refractivity contribution is 0.0939. The fraction of sp³-hybridized carbons (Fsp3) is 0.500. The maximum Gasteiger partial charge on any atom is 0.272 e. The third-order valence-corrected chi connectivity index (χ3v) is 4.29. The van der Waals surface area contributed by atoms with Crippen molar-refractivity contribution in [3.05, 3.63) is 30.0 Å². The molecule has 1 amide bonds. The molecule has 2 heterocycles. The molecule has 1 saturated heterocycles. The molecule has 5 heteroatoms. The smallest absolute Gasteiger partial charge is 0.272 e. The van der Waals surface area contributed by atoms with Gasteiger partial charge in [0, 0.05) is 25.0 Å². The molecule has 5 nitrogen and oxygen atoms in total. The van der Waals surface area contributed by atoms with E-state index in [1.54, 1.807) is 4.68 Å². The topological polar surface area (TPSA) is 59.0 Å². The summed E-state index contributed by atoms with van der Waals surface area (Å²) in [6, 6.07) is 8.41. The van der Waals surface area contributed by atoms with Gasteiger partial charge in [-0.05, 0) is 38.3 Å². The summed E-state index contributed by atoms with van der Waals surface area (Å²) in [6.07, 6.45) is 2.34. The highest BCUT2D eigenvalue weighted by molar-refractivity contribution is 6.04. The summed E-state index contributed by atoms with van der Waals surface area (Å²) in [6.45, 7) is 3.89. The van der Waals surface area contributed by atoms with Crippen LogP contribution in [-0.4, -0.2) is 34.8 Å². The van der Waals surface area contributed by atoms with Crippen LogP contribution in [-0.2, 0) is 7.05 Å². The molecule has 112 valence electrons. The van der Waals surface area contributed by atoms with Gasteiger partial charge in [-0.1, -0.05) is 18.2 Å². The third kappa shape index (κ3) is 2.93. The van der Waals surface area contributed by atoms with Crippen molar-refractivity contribution in [3.8, 4) is 0 Å². The maximum absolute atomic E-state index is 12.4. The first-order chi connectivity index (χ1) is 10.1. The van der Waals surface area contributed by atoms with Crippen LogP contribution in [0.25, 0.3) is 10.9 Å². The predicted octanol–water partition coefficient (Wildman–Crippen LogP) is 1.69. The van der Waals surface area contributed by atoms with Crippen LogP contribution in [0.4, 0.5) is 0 Å². The van der Waals surface area contributed by atoms with Gasteiger partial charge in [0.05, 0.1) is 5.52 Å². The lowest BCUT2D eigenvalue weighted by Crippen LogP contribution is -2.42. The fourth-order valence-electron chi connectivity index (χ4n) is 2.93. The Hall–Kier alpha value is -1.88. The molecule has 2 unspecified atom stereocenters. The van der Waals surface area contributed by atoms with E-state index in [1.165, 1.54) is 6.42 Å². The van der Waals surface area contributed by atoms with Crippen LogP contribution >= 0.6 is 0 Å². The summed E-state index contributed by atoms with van der Waals surface area (Å²) in [5.41, 5.74) is 1.50. The van der Waals surface area contributed by atoms with Crippen LogP contribution in [0.1, 0.15) is 30.3 Å². The number of hydrogen-bond donors (Lipinski definition) is 2. The van der Waals surface area contributed by atoms with Crippen molar-refractivity contribution in [2.45, 2.75) is 25.8 Å². The Labute approximate surface area is 124 Å². The van der Waals surface area contributed by atoms with Gasteiger partial charge in [-0.2, -0.15) is 5.10 Å². The second kappa shape index (κ2) is 5.85. The molecule has 0 bridgehead atoms. The Morgan fingerprint density at radius 2 is 2.24 bits per heavy atom. The quantitative estimate of drug-likeness (QED) is 0.903. The van der Waals surface area contributed by atoms with E-state index in [0.717, 1.165) is 23.9 Å². The van der Waals surface area contributed by atoms with Gasteiger partial charge in [-0.25, -0.2) is 0 Å². The van der Waals surface area contributed by atoms with Gasteiger partial charge in [-0.15, -0.1) is 0 Å². The average molecular weight is 286 g/mol. The normalized spacial score (nSPS) is 22.4. The Bertz CT molecular complexity index is 641. The lowest BCUT2D eigenvalue weighted by atomic mass is 9.95. The molecule has 1 aromatic carbocycles. The van der Waals surface area contributed by atoms with E-state index < -0.39 is 0 Å². The molecule has 2 N–H and O–H groups in total.